The van der Waals surface area contributed by atoms with E-state index in [2.05, 4.69) is 0 Å². The van der Waals surface area contributed by atoms with Crippen molar-refractivity contribution in [2.45, 2.75) is 81.2 Å². The van der Waals surface area contributed by atoms with E-state index in [1.165, 1.54) is 0 Å². The monoisotopic (exact) mass is 455 g/mol. The molecule has 2 aliphatic heterocycles. The number of carbonyl (C=O) groups is 1. The van der Waals surface area contributed by atoms with Gasteiger partial charge in [0.05, 0.1) is 25.9 Å². The first-order valence-electron chi connectivity index (χ1n) is 10.2. The molecule has 31 heavy (non-hydrogen) atoms. The van der Waals surface area contributed by atoms with Crippen LogP contribution in [0.1, 0.15) is 19.8 Å². The molecule has 0 aromatic carbocycles. The highest BCUT2D eigenvalue weighted by atomic mass is 16.8. The summed E-state index contributed by atoms with van der Waals surface area (Å²) < 4.78 is 26.7. The molecule has 2 heterocycles. The van der Waals surface area contributed by atoms with Crippen molar-refractivity contribution in [2.24, 2.45) is 5.73 Å². The van der Waals surface area contributed by atoms with Crippen LogP contribution in [-0.4, -0.2) is 124 Å². The molecular formula is C18H33NO12. The fourth-order valence-electron chi connectivity index (χ4n) is 3.44. The van der Waals surface area contributed by atoms with Gasteiger partial charge in [0.2, 0.25) is 0 Å². The average Bonchev–Trinajstić information content (AvgIpc) is 2.75. The molecule has 10 atom stereocenters. The lowest BCUT2D eigenvalue weighted by Gasteiger charge is -2.46. The molecular weight excluding hydrogens is 422 g/mol. The molecule has 0 radical (unpaired) electrons. The summed E-state index contributed by atoms with van der Waals surface area (Å²) >= 11 is 0. The number of hydrogen-bond donors (Lipinski definition) is 7. The van der Waals surface area contributed by atoms with E-state index in [0.717, 1.165) is 0 Å². The molecule has 0 spiro atoms. The molecule has 0 aromatic heterocycles. The van der Waals surface area contributed by atoms with Crippen molar-refractivity contribution in [1.82, 2.24) is 0 Å². The Morgan fingerprint density at radius 1 is 0.935 bits per heavy atom. The lowest BCUT2D eigenvalue weighted by atomic mass is 9.95. The second-order valence-corrected chi connectivity index (χ2v) is 7.33. The summed E-state index contributed by atoms with van der Waals surface area (Å²) in [6.07, 6.45) is -14.7. The van der Waals surface area contributed by atoms with Gasteiger partial charge in [-0.1, -0.05) is 0 Å². The summed E-state index contributed by atoms with van der Waals surface area (Å²) in [6, 6.07) is 0. The van der Waals surface area contributed by atoms with E-state index in [1.54, 1.807) is 6.92 Å². The highest BCUT2D eigenvalue weighted by Crippen LogP contribution is 2.30. The predicted octanol–water partition coefficient (Wildman–Crippen LogP) is -4.06. The fraction of sp³-hybridized carbons (Fsp3) is 0.944. The van der Waals surface area contributed by atoms with Gasteiger partial charge in [-0.15, -0.1) is 0 Å². The van der Waals surface area contributed by atoms with Crippen LogP contribution in [0.3, 0.4) is 0 Å². The normalized spacial score (nSPS) is 41.2. The van der Waals surface area contributed by atoms with Gasteiger partial charge in [0.1, 0.15) is 42.7 Å². The van der Waals surface area contributed by atoms with E-state index in [-0.39, 0.29) is 32.6 Å². The van der Waals surface area contributed by atoms with E-state index < -0.39 is 74.0 Å². The summed E-state index contributed by atoms with van der Waals surface area (Å²) in [4.78, 5) is 11.6. The van der Waals surface area contributed by atoms with Gasteiger partial charge in [-0.3, -0.25) is 4.79 Å². The zero-order valence-corrected chi connectivity index (χ0v) is 17.2. The molecule has 2 rings (SSSR count). The summed E-state index contributed by atoms with van der Waals surface area (Å²) in [5, 5.41) is 60.6. The summed E-state index contributed by atoms with van der Waals surface area (Å²) in [7, 11) is 0. The van der Waals surface area contributed by atoms with Crippen LogP contribution in [0.15, 0.2) is 0 Å². The second kappa shape index (κ2) is 12.3. The Bertz CT molecular complexity index is 554. The molecule has 6 unspecified atom stereocenters. The number of rotatable bonds is 10. The molecule has 0 saturated carbocycles. The van der Waals surface area contributed by atoms with Crippen LogP contribution in [0, 0.1) is 0 Å². The lowest BCUT2D eigenvalue weighted by Crippen LogP contribution is -2.64. The number of aliphatic hydroxyl groups excluding tert-OH is 6. The van der Waals surface area contributed by atoms with Gasteiger partial charge in [-0.05, 0) is 13.3 Å². The highest BCUT2D eigenvalue weighted by molar-refractivity contribution is 5.69. The lowest BCUT2D eigenvalue weighted by molar-refractivity contribution is -0.366. The average molecular weight is 455 g/mol. The van der Waals surface area contributed by atoms with Crippen molar-refractivity contribution in [3.8, 4) is 0 Å². The van der Waals surface area contributed by atoms with Crippen molar-refractivity contribution in [3.63, 3.8) is 0 Å². The standard InChI is InChI=1S/C18H33NO12/c1-2-27-10(21)4-3-8-11(22)13(24)15(26)17(29-8)31-16-14(25)12(23)9(7-20)30-18(16)28-6-5-19/h8-9,11-18,20,22-26H,2-7,19H2,1H3/t8?,9?,11-,12-,13?,14?,15?,16?,17-,18+/m1/s1. The first-order chi connectivity index (χ1) is 14.7. The van der Waals surface area contributed by atoms with Gasteiger partial charge in [-0.25, -0.2) is 0 Å². The van der Waals surface area contributed by atoms with E-state index in [9.17, 15) is 35.4 Å². The zero-order chi connectivity index (χ0) is 23.1. The number of hydrogen-bond acceptors (Lipinski definition) is 13. The Balaban J connectivity index is 2.11. The smallest absolute Gasteiger partial charge is 0.305 e. The number of carbonyl (C=O) groups excluding carboxylic acids is 1. The topological polar surface area (TPSA) is 211 Å². The molecule has 0 amide bonds. The number of aliphatic hydroxyl groups is 6. The highest BCUT2D eigenvalue weighted by Gasteiger charge is 2.50. The molecule has 13 nitrogen and oxygen atoms in total. The first-order valence-corrected chi connectivity index (χ1v) is 10.2. The molecule has 8 N–H and O–H groups in total. The van der Waals surface area contributed by atoms with Crippen LogP contribution < -0.4 is 5.73 Å². The maximum Gasteiger partial charge on any atom is 0.305 e. The van der Waals surface area contributed by atoms with Gasteiger partial charge >= 0.3 is 5.97 Å². The Morgan fingerprint density at radius 2 is 1.58 bits per heavy atom. The third-order valence-electron chi connectivity index (χ3n) is 5.12. The van der Waals surface area contributed by atoms with E-state index in [1.807, 2.05) is 0 Å². The molecule has 2 saturated heterocycles. The summed E-state index contributed by atoms with van der Waals surface area (Å²) in [5.74, 6) is -0.527. The fourth-order valence-corrected chi connectivity index (χ4v) is 3.44. The molecule has 0 aliphatic carbocycles. The largest absolute Gasteiger partial charge is 0.466 e. The van der Waals surface area contributed by atoms with Crippen LogP contribution in [-0.2, 0) is 28.5 Å². The third-order valence-corrected chi connectivity index (χ3v) is 5.12. The van der Waals surface area contributed by atoms with E-state index in [4.69, 9.17) is 29.4 Å². The van der Waals surface area contributed by atoms with Gasteiger partial charge in [0.15, 0.2) is 12.6 Å². The number of nitrogens with two attached hydrogens (primary N) is 1. The van der Waals surface area contributed by atoms with Crippen LogP contribution in [0.25, 0.3) is 0 Å². The Hall–Kier alpha value is -0.970. The van der Waals surface area contributed by atoms with Crippen molar-refractivity contribution in [1.29, 1.82) is 0 Å². The second-order valence-electron chi connectivity index (χ2n) is 7.33. The van der Waals surface area contributed by atoms with Crippen LogP contribution in [0.4, 0.5) is 0 Å². The van der Waals surface area contributed by atoms with Crippen molar-refractivity contribution in [3.05, 3.63) is 0 Å². The van der Waals surface area contributed by atoms with Gasteiger partial charge in [0, 0.05) is 13.0 Å². The minimum absolute atomic E-state index is 0.00305. The third kappa shape index (κ3) is 6.52. The van der Waals surface area contributed by atoms with Crippen LogP contribution >= 0.6 is 0 Å². The van der Waals surface area contributed by atoms with Crippen molar-refractivity contribution < 1.29 is 59.1 Å². The Morgan fingerprint density at radius 3 is 2.19 bits per heavy atom. The van der Waals surface area contributed by atoms with Crippen molar-refractivity contribution in [2.75, 3.05) is 26.4 Å². The van der Waals surface area contributed by atoms with Crippen LogP contribution in [0.5, 0.6) is 0 Å². The molecule has 182 valence electrons. The maximum absolute atomic E-state index is 11.6. The number of esters is 1. The maximum atomic E-state index is 11.6. The molecule has 2 aliphatic rings. The molecule has 0 bridgehead atoms. The zero-order valence-electron chi connectivity index (χ0n) is 17.2. The molecule has 13 heteroatoms. The van der Waals surface area contributed by atoms with Gasteiger partial charge in [0.25, 0.3) is 0 Å². The minimum atomic E-state index is -1.72. The van der Waals surface area contributed by atoms with Crippen molar-refractivity contribution >= 4 is 5.97 Å². The van der Waals surface area contributed by atoms with E-state index >= 15 is 0 Å². The quantitative estimate of drug-likeness (QED) is 0.156. The molecule has 0 aromatic rings. The summed E-state index contributed by atoms with van der Waals surface area (Å²) in [5.41, 5.74) is 5.41. The first kappa shape index (κ1) is 26.3. The van der Waals surface area contributed by atoms with Gasteiger partial charge < -0.3 is 60.1 Å². The van der Waals surface area contributed by atoms with E-state index in [0.29, 0.717) is 0 Å². The number of ether oxygens (including phenoxy) is 5. The minimum Gasteiger partial charge on any atom is -0.466 e. The SMILES string of the molecule is CCOC(=O)CCC1O[C@H](OC2C(O)[C@H](O)C(CO)O[C@@H]2OCCN)C(O)C(O)[C@@H]1O. The van der Waals surface area contributed by atoms with Crippen LogP contribution in [0.2, 0.25) is 0 Å². The Kier molecular flexibility index (Phi) is 10.4. The Labute approximate surface area is 179 Å². The predicted molar refractivity (Wildman–Crippen MR) is 100 cm³/mol. The summed E-state index contributed by atoms with van der Waals surface area (Å²) in [6.45, 7) is 1.34. The molecule has 2 fully saturated rings. The van der Waals surface area contributed by atoms with Gasteiger partial charge in [-0.2, -0.15) is 0 Å².